The van der Waals surface area contributed by atoms with Crippen LogP contribution in [0.15, 0.2) is 71.6 Å². The Morgan fingerprint density at radius 1 is 1.16 bits per heavy atom. The van der Waals surface area contributed by atoms with E-state index in [1.54, 1.807) is 12.3 Å². The van der Waals surface area contributed by atoms with Crippen LogP contribution < -0.4 is 10.1 Å². The SMILES string of the molecule is CCOc1ccc(/C=C/C(=O)Nc2ccc(-c3cnco3)cc2)cc1. The summed E-state index contributed by atoms with van der Waals surface area (Å²) >= 11 is 0. The summed E-state index contributed by atoms with van der Waals surface area (Å²) in [6, 6.07) is 14.9. The topological polar surface area (TPSA) is 64.4 Å². The Morgan fingerprint density at radius 3 is 2.56 bits per heavy atom. The molecule has 0 aliphatic rings. The third-order valence-corrected chi connectivity index (χ3v) is 3.49. The minimum atomic E-state index is -0.193. The first-order valence-corrected chi connectivity index (χ1v) is 7.95. The van der Waals surface area contributed by atoms with Crippen molar-refractivity contribution in [2.24, 2.45) is 0 Å². The second-order valence-corrected chi connectivity index (χ2v) is 5.27. The summed E-state index contributed by atoms with van der Waals surface area (Å²) in [6.45, 7) is 2.57. The standard InChI is InChI=1S/C20H18N2O3/c1-2-24-18-10-3-15(4-11-18)5-12-20(23)22-17-8-6-16(7-9-17)19-13-21-14-25-19/h3-14H,2H2,1H3,(H,22,23)/b12-5+. The summed E-state index contributed by atoms with van der Waals surface area (Å²) in [5.74, 6) is 1.31. The van der Waals surface area contributed by atoms with Crippen LogP contribution in [0.4, 0.5) is 5.69 Å². The van der Waals surface area contributed by atoms with E-state index in [1.807, 2.05) is 55.5 Å². The lowest BCUT2D eigenvalue weighted by Crippen LogP contribution is -2.07. The summed E-state index contributed by atoms with van der Waals surface area (Å²) in [5, 5.41) is 2.82. The molecule has 1 amide bonds. The molecule has 0 aliphatic heterocycles. The summed E-state index contributed by atoms with van der Waals surface area (Å²) in [6.07, 6.45) is 6.29. The monoisotopic (exact) mass is 334 g/mol. The summed E-state index contributed by atoms with van der Waals surface area (Å²) in [5.41, 5.74) is 2.55. The summed E-state index contributed by atoms with van der Waals surface area (Å²) in [7, 11) is 0. The van der Waals surface area contributed by atoms with Gasteiger partial charge in [-0.05, 0) is 55.0 Å². The molecule has 0 unspecified atom stereocenters. The fourth-order valence-corrected chi connectivity index (χ4v) is 2.27. The van der Waals surface area contributed by atoms with E-state index in [2.05, 4.69) is 10.3 Å². The highest BCUT2D eigenvalue weighted by Crippen LogP contribution is 2.20. The van der Waals surface area contributed by atoms with Crippen LogP contribution in [0.3, 0.4) is 0 Å². The van der Waals surface area contributed by atoms with Crippen LogP contribution in [-0.4, -0.2) is 17.5 Å². The lowest BCUT2D eigenvalue weighted by molar-refractivity contribution is -0.111. The number of nitrogens with zero attached hydrogens (tertiary/aromatic N) is 1. The fraction of sp³-hybridized carbons (Fsp3) is 0.100. The number of ether oxygens (including phenoxy) is 1. The molecule has 3 rings (SSSR count). The van der Waals surface area contributed by atoms with Gasteiger partial charge in [-0.3, -0.25) is 4.79 Å². The number of carbonyl (C=O) groups is 1. The van der Waals surface area contributed by atoms with E-state index in [1.165, 1.54) is 12.5 Å². The molecule has 3 aromatic rings. The zero-order chi connectivity index (χ0) is 17.5. The first kappa shape index (κ1) is 16.5. The molecule has 1 heterocycles. The molecule has 1 N–H and O–H groups in total. The van der Waals surface area contributed by atoms with Gasteiger partial charge in [-0.25, -0.2) is 4.98 Å². The number of carbonyl (C=O) groups excluding carboxylic acids is 1. The first-order valence-electron chi connectivity index (χ1n) is 7.95. The highest BCUT2D eigenvalue weighted by Gasteiger charge is 2.02. The summed E-state index contributed by atoms with van der Waals surface area (Å²) in [4.78, 5) is 15.9. The van der Waals surface area contributed by atoms with Crippen LogP contribution in [0.1, 0.15) is 12.5 Å². The molecule has 25 heavy (non-hydrogen) atoms. The highest BCUT2D eigenvalue weighted by atomic mass is 16.5. The Labute approximate surface area is 146 Å². The Bertz CT molecular complexity index is 836. The number of aromatic nitrogens is 1. The quantitative estimate of drug-likeness (QED) is 0.679. The van der Waals surface area contributed by atoms with Gasteiger partial charge in [0.05, 0.1) is 12.8 Å². The second kappa shape index (κ2) is 7.97. The maximum Gasteiger partial charge on any atom is 0.248 e. The molecule has 0 fully saturated rings. The number of nitrogens with one attached hydrogen (secondary N) is 1. The molecule has 0 saturated heterocycles. The molecule has 1 aromatic heterocycles. The number of benzene rings is 2. The number of hydrogen-bond donors (Lipinski definition) is 1. The average Bonchev–Trinajstić information content (AvgIpc) is 3.17. The number of rotatable bonds is 6. The van der Waals surface area contributed by atoms with Gasteiger partial charge in [0.15, 0.2) is 12.2 Å². The fourth-order valence-electron chi connectivity index (χ4n) is 2.27. The average molecular weight is 334 g/mol. The normalized spacial score (nSPS) is 10.8. The van der Waals surface area contributed by atoms with Crippen molar-refractivity contribution >= 4 is 17.7 Å². The van der Waals surface area contributed by atoms with Gasteiger partial charge in [-0.15, -0.1) is 0 Å². The molecule has 5 nitrogen and oxygen atoms in total. The lowest BCUT2D eigenvalue weighted by atomic mass is 10.1. The lowest BCUT2D eigenvalue weighted by Gasteiger charge is -2.04. The Morgan fingerprint density at radius 2 is 1.92 bits per heavy atom. The number of oxazole rings is 1. The zero-order valence-corrected chi connectivity index (χ0v) is 13.8. The van der Waals surface area contributed by atoms with Crippen LogP contribution in [0.2, 0.25) is 0 Å². The van der Waals surface area contributed by atoms with Crippen molar-refractivity contribution in [3.63, 3.8) is 0 Å². The second-order valence-electron chi connectivity index (χ2n) is 5.27. The van der Waals surface area contributed by atoms with Gasteiger partial charge in [-0.1, -0.05) is 12.1 Å². The Hall–Kier alpha value is -3.34. The van der Waals surface area contributed by atoms with Gasteiger partial charge in [0.2, 0.25) is 5.91 Å². The summed E-state index contributed by atoms with van der Waals surface area (Å²) < 4.78 is 10.6. The van der Waals surface area contributed by atoms with Gasteiger partial charge in [0, 0.05) is 17.3 Å². The van der Waals surface area contributed by atoms with Gasteiger partial charge >= 0.3 is 0 Å². The molecule has 0 radical (unpaired) electrons. The van der Waals surface area contributed by atoms with Crippen molar-refractivity contribution in [3.05, 3.63) is 72.8 Å². The third kappa shape index (κ3) is 4.57. The van der Waals surface area contributed by atoms with Gasteiger partial charge < -0.3 is 14.5 Å². The van der Waals surface area contributed by atoms with Crippen LogP contribution in [0.25, 0.3) is 17.4 Å². The molecule has 0 bridgehead atoms. The largest absolute Gasteiger partial charge is 0.494 e. The molecule has 0 atom stereocenters. The van der Waals surface area contributed by atoms with Crippen LogP contribution in [0.5, 0.6) is 5.75 Å². The number of amides is 1. The van der Waals surface area contributed by atoms with Crippen molar-refractivity contribution in [1.29, 1.82) is 0 Å². The van der Waals surface area contributed by atoms with E-state index in [0.29, 0.717) is 18.1 Å². The molecule has 2 aromatic carbocycles. The first-order chi connectivity index (χ1) is 12.2. The van der Waals surface area contributed by atoms with Crippen LogP contribution in [-0.2, 0) is 4.79 Å². The Balaban J connectivity index is 1.58. The van der Waals surface area contributed by atoms with E-state index in [9.17, 15) is 4.79 Å². The van der Waals surface area contributed by atoms with E-state index in [0.717, 1.165) is 16.9 Å². The van der Waals surface area contributed by atoms with Crippen molar-refractivity contribution < 1.29 is 13.9 Å². The molecule has 0 spiro atoms. The highest BCUT2D eigenvalue weighted by molar-refractivity contribution is 6.02. The molecule has 5 heteroatoms. The minimum absolute atomic E-state index is 0.193. The number of anilines is 1. The van der Waals surface area contributed by atoms with E-state index < -0.39 is 0 Å². The molecule has 0 aliphatic carbocycles. The van der Waals surface area contributed by atoms with E-state index in [-0.39, 0.29) is 5.91 Å². The number of hydrogen-bond acceptors (Lipinski definition) is 4. The van der Waals surface area contributed by atoms with Crippen LogP contribution >= 0.6 is 0 Å². The van der Waals surface area contributed by atoms with Crippen molar-refractivity contribution in [1.82, 2.24) is 4.98 Å². The van der Waals surface area contributed by atoms with E-state index >= 15 is 0 Å². The maximum absolute atomic E-state index is 12.0. The van der Waals surface area contributed by atoms with Gasteiger partial charge in [0.1, 0.15) is 5.75 Å². The van der Waals surface area contributed by atoms with Gasteiger partial charge in [0.25, 0.3) is 0 Å². The molecular formula is C20H18N2O3. The Kier molecular flexibility index (Phi) is 5.26. The molecule has 126 valence electrons. The van der Waals surface area contributed by atoms with Crippen molar-refractivity contribution in [3.8, 4) is 17.1 Å². The molecular weight excluding hydrogens is 316 g/mol. The smallest absolute Gasteiger partial charge is 0.248 e. The van der Waals surface area contributed by atoms with Crippen molar-refractivity contribution in [2.45, 2.75) is 6.92 Å². The van der Waals surface area contributed by atoms with Crippen molar-refractivity contribution in [2.75, 3.05) is 11.9 Å². The minimum Gasteiger partial charge on any atom is -0.494 e. The predicted octanol–water partition coefficient (Wildman–Crippen LogP) is 4.39. The zero-order valence-electron chi connectivity index (χ0n) is 13.8. The van der Waals surface area contributed by atoms with Gasteiger partial charge in [-0.2, -0.15) is 0 Å². The predicted molar refractivity (Wildman–Crippen MR) is 97.2 cm³/mol. The van der Waals surface area contributed by atoms with Crippen LogP contribution in [0, 0.1) is 0 Å². The van der Waals surface area contributed by atoms with E-state index in [4.69, 9.17) is 9.15 Å². The third-order valence-electron chi connectivity index (χ3n) is 3.49. The maximum atomic E-state index is 12.0. The molecule has 0 saturated carbocycles.